The predicted octanol–water partition coefficient (Wildman–Crippen LogP) is 3.40. The highest BCUT2D eigenvalue weighted by Crippen LogP contribution is 2.12. The topological polar surface area (TPSA) is 35.5 Å². The minimum absolute atomic E-state index is 0.00138. The first-order valence-electron chi connectivity index (χ1n) is 6.49. The van der Waals surface area contributed by atoms with Gasteiger partial charge in [0.15, 0.2) is 5.78 Å². The molecular formula is C17H18O3. The molecule has 0 radical (unpaired) electrons. The van der Waals surface area contributed by atoms with Gasteiger partial charge in [0.2, 0.25) is 0 Å². The maximum absolute atomic E-state index is 11.9. The highest BCUT2D eigenvalue weighted by atomic mass is 16.5. The number of ether oxygens (including phenoxy) is 2. The molecule has 0 unspecified atom stereocenters. The maximum Gasteiger partial charge on any atom is 0.188 e. The number of carbonyl (C=O) groups is 1. The normalized spacial score (nSPS) is 10.3. The average Bonchev–Trinajstić information content (AvgIpc) is 2.48. The van der Waals surface area contributed by atoms with Crippen LogP contribution in [-0.4, -0.2) is 19.5 Å². The summed E-state index contributed by atoms with van der Waals surface area (Å²) in [5, 5.41) is 0. The fourth-order valence-electron chi connectivity index (χ4n) is 1.81. The van der Waals surface area contributed by atoms with Crippen molar-refractivity contribution in [2.24, 2.45) is 0 Å². The van der Waals surface area contributed by atoms with Crippen LogP contribution in [-0.2, 0) is 11.3 Å². The molecule has 0 heterocycles. The molecule has 20 heavy (non-hydrogen) atoms. The van der Waals surface area contributed by atoms with Crippen molar-refractivity contribution >= 4 is 5.78 Å². The van der Waals surface area contributed by atoms with E-state index in [2.05, 4.69) is 0 Å². The molecule has 0 atom stereocenters. The number of rotatable bonds is 6. The van der Waals surface area contributed by atoms with Gasteiger partial charge in [-0.1, -0.05) is 42.0 Å². The zero-order valence-electron chi connectivity index (χ0n) is 11.8. The van der Waals surface area contributed by atoms with Gasteiger partial charge in [-0.2, -0.15) is 0 Å². The van der Waals surface area contributed by atoms with E-state index in [1.165, 1.54) is 0 Å². The van der Waals surface area contributed by atoms with Gasteiger partial charge in [-0.15, -0.1) is 0 Å². The Balaban J connectivity index is 1.82. The first kappa shape index (κ1) is 14.3. The van der Waals surface area contributed by atoms with Gasteiger partial charge in [0.1, 0.15) is 12.4 Å². The molecule has 0 aliphatic heterocycles. The van der Waals surface area contributed by atoms with Gasteiger partial charge in [-0.05, 0) is 24.6 Å². The lowest BCUT2D eigenvalue weighted by Gasteiger charge is -2.05. The van der Waals surface area contributed by atoms with Crippen LogP contribution >= 0.6 is 0 Å². The van der Waals surface area contributed by atoms with Crippen molar-refractivity contribution in [2.45, 2.75) is 13.5 Å². The van der Waals surface area contributed by atoms with Crippen LogP contribution in [0.2, 0.25) is 0 Å². The van der Waals surface area contributed by atoms with E-state index >= 15 is 0 Å². The van der Waals surface area contributed by atoms with E-state index in [9.17, 15) is 4.79 Å². The number of Topliss-reactive ketones (excluding diaryl/α,β-unsaturated/α-hetero) is 1. The Morgan fingerprint density at radius 2 is 1.65 bits per heavy atom. The third kappa shape index (κ3) is 3.93. The van der Waals surface area contributed by atoms with Gasteiger partial charge >= 0.3 is 0 Å². The molecule has 0 saturated carbocycles. The van der Waals surface area contributed by atoms with Crippen molar-refractivity contribution in [1.29, 1.82) is 0 Å². The standard InChI is InChI=1S/C17H18O3/c1-13-3-7-15(8-4-13)17(18)12-20-11-14-5-9-16(19-2)10-6-14/h3-10H,11-12H2,1-2H3. The van der Waals surface area contributed by atoms with E-state index < -0.39 is 0 Å². The van der Waals surface area contributed by atoms with Gasteiger partial charge in [0, 0.05) is 5.56 Å². The van der Waals surface area contributed by atoms with E-state index in [1.807, 2.05) is 55.5 Å². The first-order chi connectivity index (χ1) is 9.69. The molecule has 0 bridgehead atoms. The summed E-state index contributed by atoms with van der Waals surface area (Å²) in [7, 11) is 1.63. The second-order valence-electron chi connectivity index (χ2n) is 4.63. The number of hydrogen-bond acceptors (Lipinski definition) is 3. The minimum atomic E-state index is -0.00138. The number of hydrogen-bond donors (Lipinski definition) is 0. The Morgan fingerprint density at radius 3 is 2.25 bits per heavy atom. The SMILES string of the molecule is COc1ccc(COCC(=O)c2ccc(C)cc2)cc1. The van der Waals surface area contributed by atoms with Crippen molar-refractivity contribution in [3.63, 3.8) is 0 Å². The molecule has 0 aromatic heterocycles. The van der Waals surface area contributed by atoms with Gasteiger partial charge in [0.25, 0.3) is 0 Å². The fraction of sp³-hybridized carbons (Fsp3) is 0.235. The van der Waals surface area contributed by atoms with Crippen LogP contribution in [0.3, 0.4) is 0 Å². The molecule has 0 aliphatic rings. The van der Waals surface area contributed by atoms with Crippen LogP contribution in [0.25, 0.3) is 0 Å². The van der Waals surface area contributed by atoms with Crippen LogP contribution in [0.15, 0.2) is 48.5 Å². The third-order valence-corrected chi connectivity index (χ3v) is 3.03. The molecule has 2 aromatic carbocycles. The smallest absolute Gasteiger partial charge is 0.188 e. The van der Waals surface area contributed by atoms with Crippen molar-refractivity contribution in [2.75, 3.05) is 13.7 Å². The second-order valence-corrected chi connectivity index (χ2v) is 4.63. The number of ketones is 1. The predicted molar refractivity (Wildman–Crippen MR) is 78.2 cm³/mol. The Morgan fingerprint density at radius 1 is 1.00 bits per heavy atom. The van der Waals surface area contributed by atoms with Crippen molar-refractivity contribution in [1.82, 2.24) is 0 Å². The summed E-state index contributed by atoms with van der Waals surface area (Å²) in [6.07, 6.45) is 0. The first-order valence-corrected chi connectivity index (χ1v) is 6.49. The third-order valence-electron chi connectivity index (χ3n) is 3.03. The van der Waals surface area contributed by atoms with Crippen LogP contribution < -0.4 is 4.74 Å². The Hall–Kier alpha value is -2.13. The van der Waals surface area contributed by atoms with E-state index in [1.54, 1.807) is 7.11 Å². The lowest BCUT2D eigenvalue weighted by Crippen LogP contribution is -2.09. The molecule has 0 spiro atoms. The molecule has 0 N–H and O–H groups in total. The lowest BCUT2D eigenvalue weighted by molar-refractivity contribution is 0.0726. The van der Waals surface area contributed by atoms with Crippen LogP contribution in [0.5, 0.6) is 5.75 Å². The highest BCUT2D eigenvalue weighted by molar-refractivity contribution is 5.97. The van der Waals surface area contributed by atoms with Crippen LogP contribution in [0.4, 0.5) is 0 Å². The Labute approximate surface area is 119 Å². The molecule has 0 amide bonds. The zero-order chi connectivity index (χ0) is 14.4. The molecule has 2 aromatic rings. The van der Waals surface area contributed by atoms with E-state index in [0.717, 1.165) is 16.9 Å². The summed E-state index contributed by atoms with van der Waals surface area (Å²) < 4.78 is 10.5. The summed E-state index contributed by atoms with van der Waals surface area (Å²) in [6.45, 7) is 2.51. The van der Waals surface area contributed by atoms with Gasteiger partial charge in [-0.3, -0.25) is 4.79 Å². The number of carbonyl (C=O) groups excluding carboxylic acids is 1. The second kappa shape index (κ2) is 6.87. The van der Waals surface area contributed by atoms with Crippen molar-refractivity contribution in [3.8, 4) is 5.75 Å². The van der Waals surface area contributed by atoms with Gasteiger partial charge < -0.3 is 9.47 Å². The number of methoxy groups -OCH3 is 1. The molecule has 2 rings (SSSR count). The van der Waals surface area contributed by atoms with Gasteiger partial charge in [0.05, 0.1) is 13.7 Å². The molecule has 104 valence electrons. The summed E-state index contributed by atoms with van der Waals surface area (Å²) in [5.41, 5.74) is 2.84. The van der Waals surface area contributed by atoms with Gasteiger partial charge in [-0.25, -0.2) is 0 Å². The highest BCUT2D eigenvalue weighted by Gasteiger charge is 2.05. The number of aryl methyl sites for hydroxylation is 1. The van der Waals surface area contributed by atoms with Crippen LogP contribution in [0, 0.1) is 6.92 Å². The zero-order valence-corrected chi connectivity index (χ0v) is 11.8. The van der Waals surface area contributed by atoms with E-state index in [4.69, 9.17) is 9.47 Å². The molecule has 0 fully saturated rings. The minimum Gasteiger partial charge on any atom is -0.497 e. The Bertz CT molecular complexity index is 556. The quantitative estimate of drug-likeness (QED) is 0.755. The number of benzene rings is 2. The molecule has 3 nitrogen and oxygen atoms in total. The van der Waals surface area contributed by atoms with Crippen molar-refractivity contribution in [3.05, 3.63) is 65.2 Å². The lowest BCUT2D eigenvalue weighted by atomic mass is 10.1. The van der Waals surface area contributed by atoms with E-state index in [-0.39, 0.29) is 12.4 Å². The largest absolute Gasteiger partial charge is 0.497 e. The average molecular weight is 270 g/mol. The van der Waals surface area contributed by atoms with Crippen LogP contribution in [0.1, 0.15) is 21.5 Å². The maximum atomic E-state index is 11.9. The molecule has 0 aliphatic carbocycles. The summed E-state index contributed by atoms with van der Waals surface area (Å²) >= 11 is 0. The van der Waals surface area contributed by atoms with E-state index in [0.29, 0.717) is 12.2 Å². The summed E-state index contributed by atoms with van der Waals surface area (Å²) in [6, 6.07) is 15.1. The van der Waals surface area contributed by atoms with Crippen molar-refractivity contribution < 1.29 is 14.3 Å². The Kier molecular flexibility index (Phi) is 4.91. The molecule has 3 heteroatoms. The summed E-state index contributed by atoms with van der Waals surface area (Å²) in [5.74, 6) is 0.808. The molecular weight excluding hydrogens is 252 g/mol. The fourth-order valence-corrected chi connectivity index (χ4v) is 1.81. The molecule has 0 saturated heterocycles. The summed E-state index contributed by atoms with van der Waals surface area (Å²) in [4.78, 5) is 11.9. The monoisotopic (exact) mass is 270 g/mol.